The van der Waals surface area contributed by atoms with Gasteiger partial charge in [-0.3, -0.25) is 0 Å². The van der Waals surface area contributed by atoms with Gasteiger partial charge in [0.05, 0.1) is 6.61 Å². The summed E-state index contributed by atoms with van der Waals surface area (Å²) in [6, 6.07) is -0.367. The van der Waals surface area contributed by atoms with Gasteiger partial charge in [0.25, 0.3) is 0 Å². The first-order chi connectivity index (χ1) is 8.24. The minimum atomic E-state index is -0.367. The summed E-state index contributed by atoms with van der Waals surface area (Å²) >= 11 is 0. The zero-order chi connectivity index (χ0) is 12.3. The lowest BCUT2D eigenvalue weighted by Gasteiger charge is -2.34. The molecule has 94 valence electrons. The highest BCUT2D eigenvalue weighted by Gasteiger charge is 2.32. The van der Waals surface area contributed by atoms with Crippen LogP contribution < -0.4 is 10.2 Å². The Hall–Kier alpha value is -1.70. The Morgan fingerprint density at radius 1 is 1.65 bits per heavy atom. The van der Waals surface area contributed by atoms with Gasteiger partial charge in [-0.1, -0.05) is 5.10 Å². The molecule has 1 atom stereocenters. The topological polar surface area (TPSA) is 85.2 Å². The Balaban J connectivity index is 2.18. The normalized spacial score (nSPS) is 20.4. The first-order valence-corrected chi connectivity index (χ1v) is 5.60. The van der Waals surface area contributed by atoms with Gasteiger partial charge in [0.15, 0.2) is 0 Å². The standard InChI is InChI=1S/C9H16N6O2/c1-3-17-8(16)7-6-10-4-5-15(7)9-11-12-13-14(9)2/h7,10H,3-6H2,1-2H3. The number of anilines is 1. The molecule has 1 unspecified atom stereocenters. The number of nitrogens with zero attached hydrogens (tertiary/aromatic N) is 5. The van der Waals surface area contributed by atoms with Crippen LogP contribution in [0.25, 0.3) is 0 Å². The lowest BCUT2D eigenvalue weighted by atomic mass is 10.2. The highest BCUT2D eigenvalue weighted by atomic mass is 16.5. The van der Waals surface area contributed by atoms with E-state index < -0.39 is 0 Å². The minimum absolute atomic E-state index is 0.247. The summed E-state index contributed by atoms with van der Waals surface area (Å²) in [5.74, 6) is 0.340. The summed E-state index contributed by atoms with van der Waals surface area (Å²) in [5.41, 5.74) is 0. The van der Waals surface area contributed by atoms with Crippen LogP contribution in [0.1, 0.15) is 6.92 Å². The maximum Gasteiger partial charge on any atom is 0.330 e. The van der Waals surface area contributed by atoms with E-state index in [-0.39, 0.29) is 12.0 Å². The number of ether oxygens (including phenoxy) is 1. The zero-order valence-corrected chi connectivity index (χ0v) is 9.96. The predicted molar refractivity (Wildman–Crippen MR) is 59.4 cm³/mol. The van der Waals surface area contributed by atoms with Gasteiger partial charge in [-0.25, -0.2) is 9.48 Å². The predicted octanol–water partition coefficient (Wildman–Crippen LogP) is -1.45. The number of tetrazole rings is 1. The van der Waals surface area contributed by atoms with Crippen molar-refractivity contribution < 1.29 is 9.53 Å². The van der Waals surface area contributed by atoms with Gasteiger partial charge in [0, 0.05) is 26.7 Å². The monoisotopic (exact) mass is 240 g/mol. The maximum absolute atomic E-state index is 11.8. The summed E-state index contributed by atoms with van der Waals surface area (Å²) in [4.78, 5) is 13.7. The van der Waals surface area contributed by atoms with E-state index in [0.717, 1.165) is 6.54 Å². The van der Waals surface area contributed by atoms with Crippen LogP contribution in [0.5, 0.6) is 0 Å². The van der Waals surface area contributed by atoms with Gasteiger partial charge >= 0.3 is 5.97 Å². The summed E-state index contributed by atoms with van der Waals surface area (Å²) in [6.45, 7) is 4.19. The third kappa shape index (κ3) is 2.36. The van der Waals surface area contributed by atoms with Gasteiger partial charge in [-0.05, 0) is 17.4 Å². The lowest BCUT2D eigenvalue weighted by Crippen LogP contribution is -2.56. The van der Waals surface area contributed by atoms with Gasteiger partial charge in [-0.15, -0.1) is 0 Å². The molecule has 2 heterocycles. The molecule has 0 saturated carbocycles. The van der Waals surface area contributed by atoms with Crippen LogP contribution in [0.3, 0.4) is 0 Å². The van der Waals surface area contributed by atoms with Crippen LogP contribution in [0.4, 0.5) is 5.95 Å². The van der Waals surface area contributed by atoms with E-state index in [0.29, 0.717) is 25.6 Å². The van der Waals surface area contributed by atoms with Crippen molar-refractivity contribution in [1.29, 1.82) is 0 Å². The van der Waals surface area contributed by atoms with Crippen LogP contribution in [-0.4, -0.2) is 58.5 Å². The highest BCUT2D eigenvalue weighted by molar-refractivity contribution is 5.80. The Morgan fingerprint density at radius 2 is 2.47 bits per heavy atom. The first kappa shape index (κ1) is 11.8. The molecule has 1 aliphatic rings. The molecule has 0 bridgehead atoms. The van der Waals surface area contributed by atoms with E-state index >= 15 is 0 Å². The van der Waals surface area contributed by atoms with Crippen LogP contribution in [0, 0.1) is 0 Å². The van der Waals surface area contributed by atoms with Crippen LogP contribution in [0.15, 0.2) is 0 Å². The van der Waals surface area contributed by atoms with E-state index in [1.165, 1.54) is 0 Å². The molecule has 0 radical (unpaired) electrons. The number of hydrogen-bond acceptors (Lipinski definition) is 7. The Morgan fingerprint density at radius 3 is 3.12 bits per heavy atom. The fraction of sp³-hybridized carbons (Fsp3) is 0.778. The quantitative estimate of drug-likeness (QED) is 0.647. The molecule has 8 nitrogen and oxygen atoms in total. The molecule has 0 aromatic carbocycles. The molecule has 1 N–H and O–H groups in total. The van der Waals surface area contributed by atoms with Crippen LogP contribution >= 0.6 is 0 Å². The van der Waals surface area contributed by atoms with E-state index in [1.54, 1.807) is 18.7 Å². The number of aromatic nitrogens is 4. The number of hydrogen-bond donors (Lipinski definition) is 1. The second-order valence-electron chi connectivity index (χ2n) is 3.77. The van der Waals surface area contributed by atoms with E-state index in [1.807, 2.05) is 4.90 Å². The summed E-state index contributed by atoms with van der Waals surface area (Å²) in [7, 11) is 1.75. The van der Waals surface area contributed by atoms with Crippen molar-refractivity contribution in [2.45, 2.75) is 13.0 Å². The number of piperazine rings is 1. The SMILES string of the molecule is CCOC(=O)C1CNCCN1c1nnnn1C. The Bertz CT molecular complexity index is 393. The molecule has 1 aliphatic heterocycles. The number of nitrogens with one attached hydrogen (secondary N) is 1. The van der Waals surface area contributed by atoms with E-state index in [2.05, 4.69) is 20.8 Å². The molecule has 1 saturated heterocycles. The van der Waals surface area contributed by atoms with Gasteiger partial charge < -0.3 is 15.0 Å². The largest absolute Gasteiger partial charge is 0.464 e. The van der Waals surface area contributed by atoms with Crippen LogP contribution in [0.2, 0.25) is 0 Å². The molecule has 2 rings (SSSR count). The second-order valence-corrected chi connectivity index (χ2v) is 3.77. The molecule has 0 aliphatic carbocycles. The van der Waals surface area contributed by atoms with Crippen molar-refractivity contribution in [3.63, 3.8) is 0 Å². The molecule has 1 aromatic heterocycles. The van der Waals surface area contributed by atoms with Gasteiger partial charge in [0.1, 0.15) is 6.04 Å². The molecule has 1 aromatic rings. The Labute approximate surface area is 98.9 Å². The molecule has 17 heavy (non-hydrogen) atoms. The smallest absolute Gasteiger partial charge is 0.330 e. The lowest BCUT2D eigenvalue weighted by molar-refractivity contribution is -0.144. The van der Waals surface area contributed by atoms with Crippen molar-refractivity contribution in [2.75, 3.05) is 31.1 Å². The average Bonchev–Trinajstić information content (AvgIpc) is 2.76. The maximum atomic E-state index is 11.8. The Kier molecular flexibility index (Phi) is 3.52. The molecule has 0 spiro atoms. The van der Waals surface area contributed by atoms with Crippen molar-refractivity contribution in [3.05, 3.63) is 0 Å². The minimum Gasteiger partial charge on any atom is -0.464 e. The first-order valence-electron chi connectivity index (χ1n) is 5.60. The summed E-state index contributed by atoms with van der Waals surface area (Å²) in [5, 5.41) is 14.4. The molecular formula is C9H16N6O2. The average molecular weight is 240 g/mol. The van der Waals surface area contributed by atoms with Gasteiger partial charge in [-0.2, -0.15) is 0 Å². The highest BCUT2D eigenvalue weighted by Crippen LogP contribution is 2.14. The number of carbonyl (C=O) groups excluding carboxylic acids is 1. The number of aryl methyl sites for hydroxylation is 1. The fourth-order valence-electron chi connectivity index (χ4n) is 1.86. The van der Waals surface area contributed by atoms with E-state index in [9.17, 15) is 4.79 Å². The van der Waals surface area contributed by atoms with E-state index in [4.69, 9.17) is 4.74 Å². The summed E-state index contributed by atoms with van der Waals surface area (Å²) in [6.07, 6.45) is 0. The number of rotatable bonds is 3. The zero-order valence-electron chi connectivity index (χ0n) is 9.96. The van der Waals surface area contributed by atoms with Crippen molar-refractivity contribution in [3.8, 4) is 0 Å². The van der Waals surface area contributed by atoms with Crippen molar-refractivity contribution in [1.82, 2.24) is 25.5 Å². The van der Waals surface area contributed by atoms with Gasteiger partial charge in [0.2, 0.25) is 5.95 Å². The van der Waals surface area contributed by atoms with Crippen molar-refractivity contribution in [2.24, 2.45) is 7.05 Å². The number of carbonyl (C=O) groups is 1. The summed E-state index contributed by atoms with van der Waals surface area (Å²) < 4.78 is 6.60. The third-order valence-electron chi connectivity index (χ3n) is 2.66. The third-order valence-corrected chi connectivity index (χ3v) is 2.66. The molecule has 8 heteroatoms. The molecular weight excluding hydrogens is 224 g/mol. The second kappa shape index (κ2) is 5.09. The van der Waals surface area contributed by atoms with Crippen LogP contribution in [-0.2, 0) is 16.6 Å². The fourth-order valence-corrected chi connectivity index (χ4v) is 1.86. The van der Waals surface area contributed by atoms with Crippen molar-refractivity contribution >= 4 is 11.9 Å². The molecule has 0 amide bonds. The number of esters is 1. The molecule has 1 fully saturated rings.